The number of rotatable bonds is 6. The van der Waals surface area contributed by atoms with Crippen LogP contribution in [0.25, 0.3) is 0 Å². The minimum Gasteiger partial charge on any atom is -0.468 e. The summed E-state index contributed by atoms with van der Waals surface area (Å²) in [4.78, 5) is 2.55. The van der Waals surface area contributed by atoms with Crippen LogP contribution >= 0.6 is 0 Å². The van der Waals surface area contributed by atoms with E-state index in [0.717, 1.165) is 37.6 Å². The Hall–Kier alpha value is -1.59. The van der Waals surface area contributed by atoms with Gasteiger partial charge in [-0.25, -0.2) is 0 Å². The monoisotopic (exact) mass is 316 g/mol. The number of aryl methyl sites for hydroxylation is 2. The van der Waals surface area contributed by atoms with E-state index in [4.69, 9.17) is 4.42 Å². The molecular formula is C18H28N4O. The van der Waals surface area contributed by atoms with Crippen LogP contribution in [0.2, 0.25) is 0 Å². The first-order chi connectivity index (χ1) is 11.2. The van der Waals surface area contributed by atoms with E-state index in [1.807, 2.05) is 17.8 Å². The van der Waals surface area contributed by atoms with Crippen molar-refractivity contribution < 1.29 is 4.42 Å². The van der Waals surface area contributed by atoms with Gasteiger partial charge in [0, 0.05) is 31.4 Å². The predicted molar refractivity (Wildman–Crippen MR) is 91.3 cm³/mol. The molecule has 0 aliphatic carbocycles. The largest absolute Gasteiger partial charge is 0.468 e. The molecule has 126 valence electrons. The molecular weight excluding hydrogens is 288 g/mol. The molecule has 5 nitrogen and oxygen atoms in total. The second-order valence-electron chi connectivity index (χ2n) is 6.53. The maximum atomic E-state index is 5.71. The van der Waals surface area contributed by atoms with Gasteiger partial charge >= 0.3 is 0 Å². The molecule has 1 N–H and O–H groups in total. The molecule has 23 heavy (non-hydrogen) atoms. The van der Waals surface area contributed by atoms with Gasteiger partial charge in [0.15, 0.2) is 0 Å². The van der Waals surface area contributed by atoms with E-state index < -0.39 is 0 Å². The zero-order valence-electron chi connectivity index (χ0n) is 14.5. The fraction of sp³-hybridized carbons (Fsp3) is 0.611. The van der Waals surface area contributed by atoms with E-state index in [9.17, 15) is 0 Å². The van der Waals surface area contributed by atoms with Gasteiger partial charge < -0.3 is 9.73 Å². The summed E-state index contributed by atoms with van der Waals surface area (Å²) >= 11 is 0. The molecule has 0 bridgehead atoms. The third-order valence-electron chi connectivity index (χ3n) is 5.00. The van der Waals surface area contributed by atoms with Crippen molar-refractivity contribution in [2.75, 3.05) is 19.6 Å². The molecule has 1 fully saturated rings. The first-order valence-corrected chi connectivity index (χ1v) is 8.64. The predicted octanol–water partition coefficient (Wildman–Crippen LogP) is 2.95. The molecule has 2 aromatic heterocycles. The van der Waals surface area contributed by atoms with Crippen molar-refractivity contribution in [1.82, 2.24) is 20.0 Å². The van der Waals surface area contributed by atoms with Crippen molar-refractivity contribution in [3.05, 3.63) is 41.1 Å². The Morgan fingerprint density at radius 3 is 2.65 bits per heavy atom. The Balaban J connectivity index is 1.64. The van der Waals surface area contributed by atoms with Crippen molar-refractivity contribution in [1.29, 1.82) is 0 Å². The molecule has 5 heteroatoms. The van der Waals surface area contributed by atoms with Crippen LogP contribution in [0.4, 0.5) is 0 Å². The summed E-state index contributed by atoms with van der Waals surface area (Å²) in [6.07, 6.45) is 5.71. The van der Waals surface area contributed by atoms with Gasteiger partial charge in [0.05, 0.1) is 18.0 Å². The molecule has 0 spiro atoms. The lowest BCUT2D eigenvalue weighted by atomic mass is 10.1. The van der Waals surface area contributed by atoms with Gasteiger partial charge in [-0.3, -0.25) is 9.58 Å². The van der Waals surface area contributed by atoms with Gasteiger partial charge in [0.2, 0.25) is 0 Å². The van der Waals surface area contributed by atoms with Crippen molar-refractivity contribution in [2.45, 2.75) is 45.7 Å². The average Bonchev–Trinajstić information content (AvgIpc) is 3.16. The highest BCUT2D eigenvalue weighted by Gasteiger charge is 2.24. The maximum Gasteiger partial charge on any atom is 0.122 e. The average molecular weight is 316 g/mol. The molecule has 1 aliphatic rings. The third kappa shape index (κ3) is 3.67. The number of piperidine rings is 1. The van der Waals surface area contributed by atoms with E-state index >= 15 is 0 Å². The van der Waals surface area contributed by atoms with Crippen LogP contribution in [0.3, 0.4) is 0 Å². The van der Waals surface area contributed by atoms with Gasteiger partial charge in [-0.1, -0.05) is 6.42 Å². The Labute approximate surface area is 138 Å². The normalized spacial score (nSPS) is 17.5. The molecule has 3 rings (SSSR count). The van der Waals surface area contributed by atoms with Crippen LogP contribution in [0.1, 0.15) is 48.0 Å². The number of likely N-dealkylation sites (tertiary alicyclic amines) is 1. The van der Waals surface area contributed by atoms with Crippen LogP contribution in [0.5, 0.6) is 0 Å². The van der Waals surface area contributed by atoms with Gasteiger partial charge in [-0.05, 0) is 51.9 Å². The zero-order valence-corrected chi connectivity index (χ0v) is 14.5. The van der Waals surface area contributed by atoms with Crippen molar-refractivity contribution in [3.63, 3.8) is 0 Å². The lowest BCUT2D eigenvalue weighted by molar-refractivity contribution is 0.142. The molecule has 3 heterocycles. The smallest absolute Gasteiger partial charge is 0.122 e. The molecule has 1 atom stereocenters. The lowest BCUT2D eigenvalue weighted by Gasteiger charge is -2.33. The minimum atomic E-state index is 0.322. The van der Waals surface area contributed by atoms with Crippen LogP contribution in [-0.2, 0) is 13.6 Å². The molecule has 1 aliphatic heterocycles. The Kier molecular flexibility index (Phi) is 5.18. The molecule has 1 unspecified atom stereocenters. The van der Waals surface area contributed by atoms with Gasteiger partial charge in [-0.15, -0.1) is 0 Å². The van der Waals surface area contributed by atoms with E-state index in [2.05, 4.69) is 35.2 Å². The van der Waals surface area contributed by atoms with Crippen LogP contribution in [-0.4, -0.2) is 34.3 Å². The molecule has 0 aromatic carbocycles. The van der Waals surface area contributed by atoms with Crippen LogP contribution in [0.15, 0.2) is 22.8 Å². The first kappa shape index (κ1) is 16.3. The number of hydrogen-bond acceptors (Lipinski definition) is 4. The van der Waals surface area contributed by atoms with Crippen LogP contribution < -0.4 is 5.32 Å². The van der Waals surface area contributed by atoms with E-state index in [1.54, 1.807) is 6.26 Å². The number of aromatic nitrogens is 2. The standard InChI is InChI=1S/C18H28N4O/c1-14-16(15(2)21(3)20-14)12-19-13-17(18-8-7-11-23-18)22-9-5-4-6-10-22/h7-8,11,17,19H,4-6,9-10,12-13H2,1-3H3. The van der Waals surface area contributed by atoms with Gasteiger partial charge in [-0.2, -0.15) is 5.10 Å². The number of hydrogen-bond donors (Lipinski definition) is 1. The summed E-state index contributed by atoms with van der Waals surface area (Å²) in [6, 6.07) is 4.41. The summed E-state index contributed by atoms with van der Waals surface area (Å²) in [7, 11) is 2.01. The Morgan fingerprint density at radius 2 is 2.04 bits per heavy atom. The molecule has 0 radical (unpaired) electrons. The first-order valence-electron chi connectivity index (χ1n) is 8.64. The molecule has 2 aromatic rings. The summed E-state index contributed by atoms with van der Waals surface area (Å²) in [5.41, 5.74) is 3.66. The second-order valence-corrected chi connectivity index (χ2v) is 6.53. The van der Waals surface area contributed by atoms with Crippen molar-refractivity contribution in [2.24, 2.45) is 7.05 Å². The molecule has 1 saturated heterocycles. The lowest BCUT2D eigenvalue weighted by Crippen LogP contribution is -2.38. The number of nitrogens with zero attached hydrogens (tertiary/aromatic N) is 3. The second kappa shape index (κ2) is 7.32. The molecule has 0 amide bonds. The third-order valence-corrected chi connectivity index (χ3v) is 5.00. The van der Waals surface area contributed by atoms with E-state index in [1.165, 1.54) is 30.5 Å². The Morgan fingerprint density at radius 1 is 1.26 bits per heavy atom. The highest BCUT2D eigenvalue weighted by Crippen LogP contribution is 2.24. The molecule has 0 saturated carbocycles. The topological polar surface area (TPSA) is 46.2 Å². The van der Waals surface area contributed by atoms with Crippen LogP contribution in [0, 0.1) is 13.8 Å². The van der Waals surface area contributed by atoms with E-state index in [0.29, 0.717) is 6.04 Å². The summed E-state index contributed by atoms with van der Waals surface area (Å²) in [5, 5.41) is 8.12. The van der Waals surface area contributed by atoms with Gasteiger partial charge in [0.25, 0.3) is 0 Å². The fourth-order valence-electron chi connectivity index (χ4n) is 3.53. The van der Waals surface area contributed by atoms with Crippen molar-refractivity contribution >= 4 is 0 Å². The fourth-order valence-corrected chi connectivity index (χ4v) is 3.53. The number of nitrogens with one attached hydrogen (secondary N) is 1. The number of furan rings is 1. The SMILES string of the molecule is Cc1nn(C)c(C)c1CNCC(c1ccco1)N1CCCCC1. The van der Waals surface area contributed by atoms with Gasteiger partial charge in [0.1, 0.15) is 5.76 Å². The van der Waals surface area contributed by atoms with E-state index in [-0.39, 0.29) is 0 Å². The minimum absolute atomic E-state index is 0.322. The summed E-state index contributed by atoms with van der Waals surface area (Å²) in [5.74, 6) is 1.07. The summed E-state index contributed by atoms with van der Waals surface area (Å²) in [6.45, 7) is 8.30. The quantitative estimate of drug-likeness (QED) is 0.890. The summed E-state index contributed by atoms with van der Waals surface area (Å²) < 4.78 is 7.66. The van der Waals surface area contributed by atoms with Crippen molar-refractivity contribution in [3.8, 4) is 0 Å². The highest BCUT2D eigenvalue weighted by molar-refractivity contribution is 5.24. The zero-order chi connectivity index (χ0) is 16.2. The Bertz CT molecular complexity index is 611. The maximum absolute atomic E-state index is 5.71. The highest BCUT2D eigenvalue weighted by atomic mass is 16.3.